The summed E-state index contributed by atoms with van der Waals surface area (Å²) in [5, 5.41) is 0. The molecule has 0 saturated heterocycles. The normalized spacial score (nSPS) is 14.1. The minimum Gasteiger partial charge on any atom is -0.486 e. The van der Waals surface area contributed by atoms with Gasteiger partial charge in [0.15, 0.2) is 11.5 Å². The SMILES string of the molecule is CONCc1cc(C(F)F)cc2c1OCCO2. The van der Waals surface area contributed by atoms with E-state index in [2.05, 4.69) is 5.48 Å². The highest BCUT2D eigenvalue weighted by Crippen LogP contribution is 2.37. The van der Waals surface area contributed by atoms with E-state index in [1.807, 2.05) is 0 Å². The highest BCUT2D eigenvalue weighted by molar-refractivity contribution is 5.50. The Kier molecular flexibility index (Phi) is 3.75. The summed E-state index contributed by atoms with van der Waals surface area (Å²) in [5.41, 5.74) is 3.12. The quantitative estimate of drug-likeness (QED) is 0.824. The third-order valence-electron chi connectivity index (χ3n) is 2.40. The summed E-state index contributed by atoms with van der Waals surface area (Å²) in [7, 11) is 1.46. The van der Waals surface area contributed by atoms with Crippen LogP contribution in [0.2, 0.25) is 0 Å². The standard InChI is InChI=1S/C11H13F2NO3/c1-15-14-6-8-4-7(11(12)13)5-9-10(8)17-3-2-16-9/h4-5,11,14H,2-3,6H2,1H3. The number of alkyl halides is 2. The van der Waals surface area contributed by atoms with Crippen molar-refractivity contribution < 1.29 is 23.1 Å². The van der Waals surface area contributed by atoms with Gasteiger partial charge >= 0.3 is 0 Å². The summed E-state index contributed by atoms with van der Waals surface area (Å²) in [6.45, 7) is 1.07. The fraction of sp³-hybridized carbons (Fsp3) is 0.455. The van der Waals surface area contributed by atoms with E-state index < -0.39 is 6.43 Å². The van der Waals surface area contributed by atoms with E-state index in [9.17, 15) is 8.78 Å². The monoisotopic (exact) mass is 245 g/mol. The average molecular weight is 245 g/mol. The van der Waals surface area contributed by atoms with E-state index in [0.29, 0.717) is 30.3 Å². The maximum atomic E-state index is 12.7. The molecule has 0 aliphatic carbocycles. The predicted molar refractivity (Wildman–Crippen MR) is 56.2 cm³/mol. The summed E-state index contributed by atoms with van der Waals surface area (Å²) in [4.78, 5) is 4.70. The molecule has 2 rings (SSSR count). The lowest BCUT2D eigenvalue weighted by Gasteiger charge is -2.22. The van der Waals surface area contributed by atoms with Crippen molar-refractivity contribution in [1.29, 1.82) is 0 Å². The van der Waals surface area contributed by atoms with Crippen LogP contribution >= 0.6 is 0 Å². The second-order valence-electron chi connectivity index (χ2n) is 3.53. The van der Waals surface area contributed by atoms with Gasteiger partial charge < -0.3 is 14.3 Å². The molecule has 1 aliphatic rings. The van der Waals surface area contributed by atoms with Crippen LogP contribution < -0.4 is 15.0 Å². The third kappa shape index (κ3) is 2.65. The molecule has 1 N–H and O–H groups in total. The van der Waals surface area contributed by atoms with Gasteiger partial charge in [-0.1, -0.05) is 0 Å². The first-order chi connectivity index (χ1) is 8.22. The summed E-state index contributed by atoms with van der Waals surface area (Å²) < 4.78 is 36.1. The fourth-order valence-electron chi connectivity index (χ4n) is 1.66. The molecule has 0 spiro atoms. The second-order valence-corrected chi connectivity index (χ2v) is 3.53. The number of rotatable bonds is 4. The lowest BCUT2D eigenvalue weighted by Crippen LogP contribution is -2.19. The number of hydrogen-bond acceptors (Lipinski definition) is 4. The Bertz CT molecular complexity index is 399. The first kappa shape index (κ1) is 12.1. The Balaban J connectivity index is 2.35. The zero-order chi connectivity index (χ0) is 12.3. The van der Waals surface area contributed by atoms with Gasteiger partial charge in [0.05, 0.1) is 7.11 Å². The lowest BCUT2D eigenvalue weighted by atomic mass is 10.1. The highest BCUT2D eigenvalue weighted by atomic mass is 19.3. The molecule has 1 heterocycles. The smallest absolute Gasteiger partial charge is 0.263 e. The van der Waals surface area contributed by atoms with Gasteiger partial charge in [0.1, 0.15) is 13.2 Å². The van der Waals surface area contributed by atoms with Gasteiger partial charge in [0.25, 0.3) is 6.43 Å². The fourth-order valence-corrected chi connectivity index (χ4v) is 1.66. The Morgan fingerprint density at radius 1 is 1.35 bits per heavy atom. The Morgan fingerprint density at radius 2 is 2.12 bits per heavy atom. The maximum absolute atomic E-state index is 12.7. The van der Waals surface area contributed by atoms with E-state index >= 15 is 0 Å². The van der Waals surface area contributed by atoms with E-state index in [-0.39, 0.29) is 12.1 Å². The van der Waals surface area contributed by atoms with Crippen LogP contribution in [0.3, 0.4) is 0 Å². The Morgan fingerprint density at radius 3 is 2.82 bits per heavy atom. The Hall–Kier alpha value is -1.40. The average Bonchev–Trinajstić information content (AvgIpc) is 2.35. The lowest BCUT2D eigenvalue weighted by molar-refractivity contribution is 0.0845. The number of benzene rings is 1. The van der Waals surface area contributed by atoms with Gasteiger partial charge in [-0.3, -0.25) is 0 Å². The van der Waals surface area contributed by atoms with Crippen molar-refractivity contribution in [2.24, 2.45) is 0 Å². The summed E-state index contributed by atoms with van der Waals surface area (Å²) in [5.74, 6) is 0.868. The van der Waals surface area contributed by atoms with E-state index in [1.165, 1.54) is 19.2 Å². The van der Waals surface area contributed by atoms with Crippen LogP contribution in [0.4, 0.5) is 8.78 Å². The minimum absolute atomic E-state index is 0.0813. The maximum Gasteiger partial charge on any atom is 0.263 e. The molecule has 0 aromatic heterocycles. The summed E-state index contributed by atoms with van der Waals surface area (Å²) >= 11 is 0. The van der Waals surface area contributed by atoms with Crippen molar-refractivity contribution in [3.63, 3.8) is 0 Å². The summed E-state index contributed by atoms with van der Waals surface area (Å²) in [6.07, 6.45) is -2.54. The highest BCUT2D eigenvalue weighted by Gasteiger charge is 2.20. The molecule has 0 saturated carbocycles. The molecule has 4 nitrogen and oxygen atoms in total. The van der Waals surface area contributed by atoms with E-state index in [1.54, 1.807) is 0 Å². The Labute approximate surface area is 97.4 Å². The van der Waals surface area contributed by atoms with Crippen molar-refractivity contribution in [3.05, 3.63) is 23.3 Å². The van der Waals surface area contributed by atoms with Crippen LogP contribution in [0.1, 0.15) is 17.6 Å². The first-order valence-corrected chi connectivity index (χ1v) is 5.18. The van der Waals surface area contributed by atoms with E-state index in [4.69, 9.17) is 14.3 Å². The molecule has 1 aromatic carbocycles. The van der Waals surface area contributed by atoms with Gasteiger partial charge in [-0.25, -0.2) is 8.78 Å². The molecule has 1 aliphatic heterocycles. The van der Waals surface area contributed by atoms with Crippen LogP contribution in [0.15, 0.2) is 12.1 Å². The molecule has 0 bridgehead atoms. The molecular weight excluding hydrogens is 232 g/mol. The molecule has 0 unspecified atom stereocenters. The van der Waals surface area contributed by atoms with E-state index in [0.717, 1.165) is 0 Å². The number of hydrogen-bond donors (Lipinski definition) is 1. The van der Waals surface area contributed by atoms with Crippen molar-refractivity contribution in [2.45, 2.75) is 13.0 Å². The summed E-state index contributed by atoms with van der Waals surface area (Å²) in [6, 6.07) is 2.71. The number of hydroxylamine groups is 1. The van der Waals surface area contributed by atoms with Crippen LogP contribution in [-0.4, -0.2) is 20.3 Å². The molecule has 0 radical (unpaired) electrons. The molecule has 94 valence electrons. The van der Waals surface area contributed by atoms with Crippen LogP contribution in [0, 0.1) is 0 Å². The van der Waals surface area contributed by atoms with Crippen LogP contribution in [0.5, 0.6) is 11.5 Å². The van der Waals surface area contributed by atoms with Crippen molar-refractivity contribution in [1.82, 2.24) is 5.48 Å². The molecular formula is C11H13F2NO3. The van der Waals surface area contributed by atoms with Gasteiger partial charge in [-0.15, -0.1) is 0 Å². The largest absolute Gasteiger partial charge is 0.486 e. The predicted octanol–water partition coefficient (Wildman–Crippen LogP) is 2.05. The number of fused-ring (bicyclic) bond motifs is 1. The zero-order valence-corrected chi connectivity index (χ0v) is 9.33. The van der Waals surface area contributed by atoms with Crippen molar-refractivity contribution >= 4 is 0 Å². The molecule has 0 amide bonds. The molecule has 1 aromatic rings. The van der Waals surface area contributed by atoms with Gasteiger partial charge in [0.2, 0.25) is 0 Å². The molecule has 0 atom stereocenters. The van der Waals surface area contributed by atoms with Crippen molar-refractivity contribution in [2.75, 3.05) is 20.3 Å². The van der Waals surface area contributed by atoms with Crippen LogP contribution in [-0.2, 0) is 11.4 Å². The van der Waals surface area contributed by atoms with Gasteiger partial charge in [0, 0.05) is 17.7 Å². The minimum atomic E-state index is -2.54. The second kappa shape index (κ2) is 5.29. The van der Waals surface area contributed by atoms with Gasteiger partial charge in [-0.2, -0.15) is 5.48 Å². The molecule has 0 fully saturated rings. The molecule has 17 heavy (non-hydrogen) atoms. The number of ether oxygens (including phenoxy) is 2. The third-order valence-corrected chi connectivity index (χ3v) is 2.40. The van der Waals surface area contributed by atoms with Crippen LogP contribution in [0.25, 0.3) is 0 Å². The number of halogens is 2. The molecule has 6 heteroatoms. The van der Waals surface area contributed by atoms with Gasteiger partial charge in [-0.05, 0) is 12.1 Å². The number of nitrogens with one attached hydrogen (secondary N) is 1. The topological polar surface area (TPSA) is 39.7 Å². The zero-order valence-electron chi connectivity index (χ0n) is 9.33. The van der Waals surface area contributed by atoms with Crippen molar-refractivity contribution in [3.8, 4) is 11.5 Å². The first-order valence-electron chi connectivity index (χ1n) is 5.18.